The van der Waals surface area contributed by atoms with E-state index in [4.69, 9.17) is 0 Å². The predicted octanol–water partition coefficient (Wildman–Crippen LogP) is 5.40. The zero-order chi connectivity index (χ0) is 29.1. The fourth-order valence-electron chi connectivity index (χ4n) is 6.19. The van der Waals surface area contributed by atoms with E-state index in [-0.39, 0.29) is 17.2 Å². The summed E-state index contributed by atoms with van der Waals surface area (Å²) in [6, 6.07) is 3.98. The maximum absolute atomic E-state index is 12.5. The second-order valence-electron chi connectivity index (χ2n) is 10.8. The van der Waals surface area contributed by atoms with Crippen molar-refractivity contribution < 1.29 is 4.21 Å². The molecule has 2 aliphatic carbocycles. The molecule has 11 heteroatoms. The van der Waals surface area contributed by atoms with E-state index in [1.807, 2.05) is 23.9 Å². The second kappa shape index (κ2) is 12.9. The molecule has 0 bridgehead atoms. The molecule has 1 atom stereocenters. The summed E-state index contributed by atoms with van der Waals surface area (Å²) in [4.78, 5) is 42.6. The lowest BCUT2D eigenvalue weighted by Gasteiger charge is -2.17. The van der Waals surface area contributed by atoms with Crippen LogP contribution in [0.4, 0.5) is 0 Å². The van der Waals surface area contributed by atoms with E-state index in [2.05, 4.69) is 26.9 Å². The summed E-state index contributed by atoms with van der Waals surface area (Å²) in [6.07, 6.45) is 17.6. The van der Waals surface area contributed by atoms with E-state index >= 15 is 0 Å². The molecule has 2 fully saturated rings. The summed E-state index contributed by atoms with van der Waals surface area (Å²) in [7, 11) is -1.25. The third-order valence-corrected chi connectivity index (χ3v) is 9.57. The SMILES string of the molecule is CCc1cc(=O)n(C2CCCC2)c2nc(S(C)=O)ncc12.CCc1cc(=O)n(C2CCCC2)c2nc(SC)ncc12. The molecule has 0 radical (unpaired) electrons. The van der Waals surface area contributed by atoms with Crippen LogP contribution in [0.3, 0.4) is 0 Å². The van der Waals surface area contributed by atoms with Crippen LogP contribution in [0.25, 0.3) is 22.1 Å². The molecular weight excluding hydrogens is 557 g/mol. The molecule has 1 unspecified atom stereocenters. The number of hydrogen-bond acceptors (Lipinski definition) is 8. The molecule has 2 saturated carbocycles. The molecule has 0 N–H and O–H groups in total. The minimum absolute atomic E-state index is 0.00205. The first-order chi connectivity index (χ1) is 19.9. The van der Waals surface area contributed by atoms with E-state index < -0.39 is 10.8 Å². The summed E-state index contributed by atoms with van der Waals surface area (Å²) in [5.41, 5.74) is 3.56. The minimum atomic E-state index is -1.25. The van der Waals surface area contributed by atoms with Crippen LogP contribution in [0.2, 0.25) is 0 Å². The Bertz CT molecular complexity index is 1710. The number of aromatic nitrogens is 6. The van der Waals surface area contributed by atoms with Crippen molar-refractivity contribution in [2.24, 2.45) is 0 Å². The first-order valence-electron chi connectivity index (χ1n) is 14.6. The molecular formula is C30H38N6O3S2. The number of hydrogen-bond donors (Lipinski definition) is 0. The van der Waals surface area contributed by atoms with Gasteiger partial charge in [-0.3, -0.25) is 22.9 Å². The number of pyridine rings is 2. The van der Waals surface area contributed by atoms with E-state index in [1.54, 1.807) is 29.2 Å². The van der Waals surface area contributed by atoms with Crippen LogP contribution < -0.4 is 11.1 Å². The van der Waals surface area contributed by atoms with Crippen molar-refractivity contribution in [3.05, 3.63) is 56.4 Å². The van der Waals surface area contributed by atoms with Crippen molar-refractivity contribution in [2.75, 3.05) is 12.5 Å². The fraction of sp³-hybridized carbons (Fsp3) is 0.533. The first kappa shape index (κ1) is 29.6. The Morgan fingerprint density at radius 3 is 1.71 bits per heavy atom. The molecule has 0 aromatic carbocycles. The van der Waals surface area contributed by atoms with Gasteiger partial charge in [0.2, 0.25) is 5.16 Å². The van der Waals surface area contributed by atoms with Gasteiger partial charge in [0.1, 0.15) is 11.3 Å². The van der Waals surface area contributed by atoms with E-state index in [0.29, 0.717) is 16.8 Å². The van der Waals surface area contributed by atoms with Crippen LogP contribution >= 0.6 is 11.8 Å². The first-order valence-corrected chi connectivity index (χ1v) is 17.3. The van der Waals surface area contributed by atoms with E-state index in [0.717, 1.165) is 84.1 Å². The average molecular weight is 595 g/mol. The maximum atomic E-state index is 12.5. The highest BCUT2D eigenvalue weighted by atomic mass is 32.2. The minimum Gasteiger partial charge on any atom is -0.289 e. The Morgan fingerprint density at radius 2 is 1.27 bits per heavy atom. The summed E-state index contributed by atoms with van der Waals surface area (Å²) in [5.74, 6) is 0. The lowest BCUT2D eigenvalue weighted by molar-refractivity contribution is 0.513. The Balaban J connectivity index is 0.000000165. The number of thioether (sulfide) groups is 1. The lowest BCUT2D eigenvalue weighted by Crippen LogP contribution is -2.25. The van der Waals surface area contributed by atoms with Crippen LogP contribution in [-0.2, 0) is 23.6 Å². The molecule has 4 aromatic heterocycles. The highest BCUT2D eigenvalue weighted by Gasteiger charge is 2.23. The molecule has 218 valence electrons. The molecule has 6 rings (SSSR count). The topological polar surface area (TPSA) is 113 Å². The van der Waals surface area contributed by atoms with Gasteiger partial charge in [-0.05, 0) is 55.9 Å². The molecule has 0 saturated heterocycles. The number of fused-ring (bicyclic) bond motifs is 2. The van der Waals surface area contributed by atoms with Gasteiger partial charge in [-0.15, -0.1) is 0 Å². The van der Waals surface area contributed by atoms with Gasteiger partial charge < -0.3 is 0 Å². The third-order valence-electron chi connectivity index (χ3n) is 8.29. The van der Waals surface area contributed by atoms with Crippen LogP contribution in [0.1, 0.15) is 88.4 Å². The molecule has 0 aliphatic heterocycles. The molecule has 4 heterocycles. The zero-order valence-corrected chi connectivity index (χ0v) is 25.9. The van der Waals surface area contributed by atoms with Crippen molar-refractivity contribution >= 4 is 44.6 Å². The number of rotatable bonds is 6. The standard InChI is InChI=1S/C15H19N3O2S.C15H19N3OS/c1-3-10-8-13(19)18(11-6-4-5-7-11)14-12(10)9-16-15(17-14)21(2)20;1-3-10-8-13(19)18(11-6-4-5-7-11)14-12(10)9-16-15(17-14)20-2/h8-9,11H,3-7H2,1-2H3;8-9,11H,3-7H2,1-2H3. The Hall–Kier alpha value is -2.92. The van der Waals surface area contributed by atoms with Crippen molar-refractivity contribution in [3.8, 4) is 0 Å². The van der Waals surface area contributed by atoms with Crippen molar-refractivity contribution in [1.29, 1.82) is 0 Å². The van der Waals surface area contributed by atoms with Crippen molar-refractivity contribution in [3.63, 3.8) is 0 Å². The molecule has 0 amide bonds. The molecule has 2 aliphatic rings. The van der Waals surface area contributed by atoms with Gasteiger partial charge in [-0.1, -0.05) is 51.3 Å². The predicted molar refractivity (Wildman–Crippen MR) is 165 cm³/mol. The monoisotopic (exact) mass is 594 g/mol. The third kappa shape index (κ3) is 6.02. The van der Waals surface area contributed by atoms with Crippen LogP contribution in [-0.4, -0.2) is 45.8 Å². The molecule has 9 nitrogen and oxygen atoms in total. The van der Waals surface area contributed by atoms with Crippen molar-refractivity contribution in [2.45, 2.75) is 100 Å². The Kier molecular flexibility index (Phi) is 9.33. The van der Waals surface area contributed by atoms with Gasteiger partial charge in [0, 0.05) is 53.6 Å². The Labute approximate surface area is 246 Å². The fourth-order valence-corrected chi connectivity index (χ4v) is 6.94. The van der Waals surface area contributed by atoms with Gasteiger partial charge >= 0.3 is 0 Å². The number of aryl methyl sites for hydroxylation is 2. The summed E-state index contributed by atoms with van der Waals surface area (Å²) >= 11 is 1.52. The van der Waals surface area contributed by atoms with Gasteiger partial charge in [-0.25, -0.2) is 19.9 Å². The summed E-state index contributed by atoms with van der Waals surface area (Å²) in [5, 5.41) is 2.95. The quantitative estimate of drug-likeness (QED) is 0.216. The highest BCUT2D eigenvalue weighted by molar-refractivity contribution is 7.98. The van der Waals surface area contributed by atoms with Crippen LogP contribution in [0.15, 0.2) is 44.4 Å². The van der Waals surface area contributed by atoms with Gasteiger partial charge in [-0.2, -0.15) is 0 Å². The van der Waals surface area contributed by atoms with E-state index in [9.17, 15) is 13.8 Å². The van der Waals surface area contributed by atoms with Gasteiger partial charge in [0.05, 0.1) is 10.8 Å². The highest BCUT2D eigenvalue weighted by Crippen LogP contribution is 2.32. The number of nitrogens with zero attached hydrogens (tertiary/aromatic N) is 6. The summed E-state index contributed by atoms with van der Waals surface area (Å²) < 4.78 is 15.4. The lowest BCUT2D eigenvalue weighted by atomic mass is 10.1. The maximum Gasteiger partial charge on any atom is 0.252 e. The van der Waals surface area contributed by atoms with Crippen LogP contribution in [0.5, 0.6) is 0 Å². The van der Waals surface area contributed by atoms with Gasteiger partial charge in [0.15, 0.2) is 5.16 Å². The smallest absolute Gasteiger partial charge is 0.252 e. The molecule has 41 heavy (non-hydrogen) atoms. The summed E-state index contributed by atoms with van der Waals surface area (Å²) in [6.45, 7) is 4.08. The second-order valence-corrected chi connectivity index (χ2v) is 12.8. The Morgan fingerprint density at radius 1 is 0.805 bits per heavy atom. The van der Waals surface area contributed by atoms with E-state index in [1.165, 1.54) is 24.6 Å². The van der Waals surface area contributed by atoms with Crippen molar-refractivity contribution in [1.82, 2.24) is 29.1 Å². The molecule has 0 spiro atoms. The van der Waals surface area contributed by atoms with Gasteiger partial charge in [0.25, 0.3) is 11.1 Å². The zero-order valence-electron chi connectivity index (χ0n) is 24.3. The molecule has 4 aromatic rings. The van der Waals surface area contributed by atoms with Crippen LogP contribution in [0, 0.1) is 0 Å². The average Bonchev–Trinajstić information content (AvgIpc) is 3.71. The normalized spacial score (nSPS) is 16.8. The largest absolute Gasteiger partial charge is 0.289 e.